The Morgan fingerprint density at radius 1 is 1.50 bits per heavy atom. The van der Waals surface area contributed by atoms with Crippen LogP contribution in [0.25, 0.3) is 0 Å². The first-order valence-corrected chi connectivity index (χ1v) is 4.56. The Bertz CT molecular complexity index is 411. The summed E-state index contributed by atoms with van der Waals surface area (Å²) in [4.78, 5) is 0. The van der Waals surface area contributed by atoms with Gasteiger partial charge in [0.25, 0.3) is 0 Å². The Hall–Kier alpha value is -1.27. The van der Waals surface area contributed by atoms with Crippen molar-refractivity contribution in [2.45, 2.75) is 18.3 Å². The summed E-state index contributed by atoms with van der Waals surface area (Å²) in [5, 5.41) is 18.0. The Kier molecular flexibility index (Phi) is 1.90. The van der Waals surface area contributed by atoms with Crippen LogP contribution in [0.3, 0.4) is 0 Å². The molecule has 14 heavy (non-hydrogen) atoms. The van der Waals surface area contributed by atoms with Gasteiger partial charge in [-0.25, -0.2) is 4.39 Å². The Morgan fingerprint density at radius 3 is 2.57 bits per heavy atom. The number of phenols is 1. The third-order valence-corrected chi connectivity index (χ3v) is 2.80. The van der Waals surface area contributed by atoms with Crippen molar-refractivity contribution in [1.29, 1.82) is 5.26 Å². The molecule has 0 amide bonds. The van der Waals surface area contributed by atoms with E-state index in [1.54, 1.807) is 0 Å². The zero-order chi connectivity index (χ0) is 10.3. The predicted molar refractivity (Wildman–Crippen MR) is 49.6 cm³/mol. The number of nitriles is 1. The van der Waals surface area contributed by atoms with E-state index in [1.165, 1.54) is 12.1 Å². The molecule has 4 heteroatoms. The molecule has 0 unspecified atom stereocenters. The fourth-order valence-electron chi connectivity index (χ4n) is 1.44. The molecule has 2 rings (SSSR count). The first-order chi connectivity index (χ1) is 6.59. The Labute approximate surface area is 85.5 Å². The van der Waals surface area contributed by atoms with Gasteiger partial charge in [0.1, 0.15) is 0 Å². The fraction of sp³-hybridized carbons (Fsp3) is 0.300. The van der Waals surface area contributed by atoms with Crippen LogP contribution in [0.1, 0.15) is 18.4 Å². The van der Waals surface area contributed by atoms with Crippen LogP contribution in [-0.2, 0) is 5.41 Å². The van der Waals surface area contributed by atoms with E-state index in [0.29, 0.717) is 5.56 Å². The van der Waals surface area contributed by atoms with Crippen LogP contribution >= 0.6 is 11.6 Å². The van der Waals surface area contributed by atoms with Crippen molar-refractivity contribution < 1.29 is 9.50 Å². The number of nitrogens with zero attached hydrogens (tertiary/aromatic N) is 1. The first kappa shape index (κ1) is 9.29. The molecule has 0 aromatic heterocycles. The molecule has 1 aliphatic carbocycles. The van der Waals surface area contributed by atoms with Gasteiger partial charge in [-0.15, -0.1) is 0 Å². The lowest BCUT2D eigenvalue weighted by Crippen LogP contribution is -2.02. The third-order valence-electron chi connectivity index (χ3n) is 2.53. The van der Waals surface area contributed by atoms with E-state index in [-0.39, 0.29) is 5.02 Å². The number of halogens is 2. The molecule has 0 radical (unpaired) electrons. The summed E-state index contributed by atoms with van der Waals surface area (Å²) in [6.45, 7) is 0. The average Bonchev–Trinajstić information content (AvgIpc) is 2.94. The zero-order valence-corrected chi connectivity index (χ0v) is 7.98. The van der Waals surface area contributed by atoms with Crippen molar-refractivity contribution in [2.24, 2.45) is 0 Å². The van der Waals surface area contributed by atoms with Gasteiger partial charge in [-0.2, -0.15) is 5.26 Å². The second-order valence-electron chi connectivity index (χ2n) is 3.49. The van der Waals surface area contributed by atoms with Crippen LogP contribution in [0.4, 0.5) is 4.39 Å². The van der Waals surface area contributed by atoms with E-state index >= 15 is 0 Å². The summed E-state index contributed by atoms with van der Waals surface area (Å²) in [7, 11) is 0. The molecule has 1 N–H and O–H groups in total. The summed E-state index contributed by atoms with van der Waals surface area (Å²) in [5.41, 5.74) is 0.0540. The molecule has 0 spiro atoms. The first-order valence-electron chi connectivity index (χ1n) is 4.19. The highest BCUT2D eigenvalue weighted by atomic mass is 35.5. The van der Waals surface area contributed by atoms with Gasteiger partial charge in [0.15, 0.2) is 11.6 Å². The van der Waals surface area contributed by atoms with Crippen molar-refractivity contribution in [2.75, 3.05) is 0 Å². The highest BCUT2D eigenvalue weighted by Crippen LogP contribution is 2.49. The van der Waals surface area contributed by atoms with E-state index in [2.05, 4.69) is 6.07 Å². The van der Waals surface area contributed by atoms with Crippen molar-refractivity contribution in [3.63, 3.8) is 0 Å². The summed E-state index contributed by atoms with van der Waals surface area (Å²) < 4.78 is 13.0. The molecule has 0 bridgehead atoms. The molecule has 72 valence electrons. The lowest BCUT2D eigenvalue weighted by atomic mass is 9.97. The maximum absolute atomic E-state index is 13.0. The molecule has 1 saturated carbocycles. The van der Waals surface area contributed by atoms with Crippen molar-refractivity contribution in [1.82, 2.24) is 0 Å². The van der Waals surface area contributed by atoms with Crippen molar-refractivity contribution in [3.05, 3.63) is 28.5 Å². The summed E-state index contributed by atoms with van der Waals surface area (Å²) in [6, 6.07) is 4.84. The summed E-state index contributed by atoms with van der Waals surface area (Å²) in [6.07, 6.45) is 1.48. The topological polar surface area (TPSA) is 44.0 Å². The SMILES string of the molecule is N#CC1(c2cc(O)c(F)c(Cl)c2)CC1. The fourth-order valence-corrected chi connectivity index (χ4v) is 1.66. The van der Waals surface area contributed by atoms with Gasteiger partial charge in [-0.1, -0.05) is 11.6 Å². The number of hydrogen-bond acceptors (Lipinski definition) is 2. The minimum absolute atomic E-state index is 0.137. The van der Waals surface area contributed by atoms with Gasteiger partial charge >= 0.3 is 0 Å². The molecule has 1 fully saturated rings. The third kappa shape index (κ3) is 1.23. The maximum Gasteiger partial charge on any atom is 0.183 e. The molecule has 0 aliphatic heterocycles. The van der Waals surface area contributed by atoms with E-state index in [0.717, 1.165) is 12.8 Å². The molecular weight excluding hydrogens is 205 g/mol. The van der Waals surface area contributed by atoms with Gasteiger partial charge in [-0.3, -0.25) is 0 Å². The predicted octanol–water partition coefficient (Wildman–Crippen LogP) is 2.74. The summed E-state index contributed by atoms with van der Waals surface area (Å²) in [5.74, 6) is -1.32. The van der Waals surface area contributed by atoms with Crippen LogP contribution in [0.2, 0.25) is 5.02 Å². The number of rotatable bonds is 1. The van der Waals surface area contributed by atoms with Crippen LogP contribution in [0.15, 0.2) is 12.1 Å². The number of hydrogen-bond donors (Lipinski definition) is 1. The minimum Gasteiger partial charge on any atom is -0.505 e. The normalized spacial score (nSPS) is 17.5. The van der Waals surface area contributed by atoms with E-state index < -0.39 is 17.0 Å². The van der Waals surface area contributed by atoms with E-state index in [1.807, 2.05) is 0 Å². The molecule has 1 aliphatic rings. The average molecular weight is 212 g/mol. The minimum atomic E-state index is -0.829. The lowest BCUT2D eigenvalue weighted by Gasteiger charge is -2.08. The Balaban J connectivity index is 2.53. The number of benzene rings is 1. The van der Waals surface area contributed by atoms with Crippen LogP contribution in [0, 0.1) is 17.1 Å². The second kappa shape index (κ2) is 2.86. The quantitative estimate of drug-likeness (QED) is 0.776. The zero-order valence-electron chi connectivity index (χ0n) is 7.22. The van der Waals surface area contributed by atoms with E-state index in [4.69, 9.17) is 16.9 Å². The van der Waals surface area contributed by atoms with E-state index in [9.17, 15) is 9.50 Å². The molecule has 2 nitrogen and oxygen atoms in total. The van der Waals surface area contributed by atoms with Gasteiger partial charge in [0.05, 0.1) is 16.5 Å². The Morgan fingerprint density at radius 2 is 2.14 bits per heavy atom. The van der Waals surface area contributed by atoms with Crippen molar-refractivity contribution in [3.8, 4) is 11.8 Å². The largest absolute Gasteiger partial charge is 0.505 e. The monoisotopic (exact) mass is 211 g/mol. The molecule has 0 heterocycles. The highest BCUT2D eigenvalue weighted by Gasteiger charge is 2.45. The lowest BCUT2D eigenvalue weighted by molar-refractivity contribution is 0.431. The molecule has 0 atom stereocenters. The standard InChI is InChI=1S/C10H7ClFNO/c11-7-3-6(4-8(14)9(7)12)10(5-13)1-2-10/h3-4,14H,1-2H2. The number of aromatic hydroxyl groups is 1. The highest BCUT2D eigenvalue weighted by molar-refractivity contribution is 6.31. The molecule has 1 aromatic carbocycles. The molecule has 0 saturated heterocycles. The molecular formula is C10H7ClFNO. The van der Waals surface area contributed by atoms with Gasteiger partial charge in [-0.05, 0) is 30.5 Å². The summed E-state index contributed by atoms with van der Waals surface area (Å²) >= 11 is 5.57. The number of phenolic OH excluding ortho intramolecular Hbond substituents is 1. The van der Waals surface area contributed by atoms with Crippen LogP contribution in [0.5, 0.6) is 5.75 Å². The van der Waals surface area contributed by atoms with Crippen LogP contribution in [-0.4, -0.2) is 5.11 Å². The second-order valence-corrected chi connectivity index (χ2v) is 3.89. The smallest absolute Gasteiger partial charge is 0.183 e. The maximum atomic E-state index is 13.0. The van der Waals surface area contributed by atoms with Gasteiger partial charge < -0.3 is 5.11 Å². The van der Waals surface area contributed by atoms with Gasteiger partial charge in [0.2, 0.25) is 0 Å². The van der Waals surface area contributed by atoms with Crippen molar-refractivity contribution >= 4 is 11.6 Å². The molecule has 1 aromatic rings. The van der Waals surface area contributed by atoms with Crippen LogP contribution < -0.4 is 0 Å². The van der Waals surface area contributed by atoms with Gasteiger partial charge in [0, 0.05) is 0 Å².